The molecule has 0 radical (unpaired) electrons. The van der Waals surface area contributed by atoms with Gasteiger partial charge < -0.3 is 0 Å². The highest BCUT2D eigenvalue weighted by atomic mass is 15.4. The molecule has 4 rings (SSSR count). The van der Waals surface area contributed by atoms with Crippen molar-refractivity contribution in [1.82, 2.24) is 15.0 Å². The van der Waals surface area contributed by atoms with Gasteiger partial charge in [0.05, 0.1) is 16.9 Å². The van der Waals surface area contributed by atoms with E-state index in [0.717, 1.165) is 33.4 Å². The number of benzene rings is 2. The lowest BCUT2D eigenvalue weighted by atomic mass is 10.1. The van der Waals surface area contributed by atoms with Crippen LogP contribution in [-0.4, -0.2) is 20.7 Å². The van der Waals surface area contributed by atoms with Crippen molar-refractivity contribution >= 4 is 22.6 Å². The van der Waals surface area contributed by atoms with E-state index in [2.05, 4.69) is 20.5 Å². The smallest absolute Gasteiger partial charge is 0.244 e. The average Bonchev–Trinajstić information content (AvgIpc) is 2.72. The maximum absolute atomic E-state index is 4.70. The van der Waals surface area contributed by atoms with Gasteiger partial charge in [-0.1, -0.05) is 48.5 Å². The topological polar surface area (TPSA) is 63.1 Å². The summed E-state index contributed by atoms with van der Waals surface area (Å²) in [4.78, 5) is 13.3. The number of hydrogen-bond acceptors (Lipinski definition) is 5. The summed E-state index contributed by atoms with van der Waals surface area (Å²) < 4.78 is 0. The van der Waals surface area contributed by atoms with Crippen LogP contribution in [0.1, 0.15) is 12.5 Å². The van der Waals surface area contributed by atoms with Gasteiger partial charge in [-0.2, -0.15) is 5.10 Å². The van der Waals surface area contributed by atoms with Crippen LogP contribution in [-0.2, 0) is 0 Å². The number of fused-ring (bicyclic) bond motifs is 1. The molecule has 1 N–H and O–H groups in total. The fraction of sp³-hybridized carbons (Fsp3) is 0.0476. The Kier molecular flexibility index (Phi) is 4.35. The highest BCUT2D eigenvalue weighted by Crippen LogP contribution is 2.26. The van der Waals surface area contributed by atoms with E-state index >= 15 is 0 Å². The van der Waals surface area contributed by atoms with Crippen molar-refractivity contribution in [3.05, 3.63) is 84.7 Å². The van der Waals surface area contributed by atoms with Gasteiger partial charge in [0.2, 0.25) is 5.95 Å². The molecule has 2 aromatic carbocycles. The average molecular weight is 339 g/mol. The predicted molar refractivity (Wildman–Crippen MR) is 105 cm³/mol. The summed E-state index contributed by atoms with van der Waals surface area (Å²) >= 11 is 0. The molecule has 4 aromatic rings. The highest BCUT2D eigenvalue weighted by molar-refractivity contribution is 5.99. The first-order valence-electron chi connectivity index (χ1n) is 8.34. The molecule has 2 heterocycles. The van der Waals surface area contributed by atoms with Crippen LogP contribution < -0.4 is 5.43 Å². The van der Waals surface area contributed by atoms with Crippen molar-refractivity contribution in [2.75, 3.05) is 5.43 Å². The fourth-order valence-corrected chi connectivity index (χ4v) is 2.73. The molecule has 0 spiro atoms. The Balaban J connectivity index is 1.75. The quantitative estimate of drug-likeness (QED) is 0.438. The molecule has 2 aromatic heterocycles. The monoisotopic (exact) mass is 339 g/mol. The molecular weight excluding hydrogens is 322 g/mol. The van der Waals surface area contributed by atoms with Crippen molar-refractivity contribution < 1.29 is 0 Å². The van der Waals surface area contributed by atoms with E-state index < -0.39 is 0 Å². The van der Waals surface area contributed by atoms with E-state index in [0.29, 0.717) is 5.95 Å². The van der Waals surface area contributed by atoms with Crippen LogP contribution in [0.2, 0.25) is 0 Å². The molecule has 0 aliphatic carbocycles. The zero-order valence-corrected chi connectivity index (χ0v) is 14.3. The van der Waals surface area contributed by atoms with Gasteiger partial charge in [-0.3, -0.25) is 4.98 Å². The van der Waals surface area contributed by atoms with E-state index in [9.17, 15) is 0 Å². The van der Waals surface area contributed by atoms with Crippen LogP contribution in [0.3, 0.4) is 0 Å². The van der Waals surface area contributed by atoms with Gasteiger partial charge in [0.1, 0.15) is 0 Å². The second-order valence-electron chi connectivity index (χ2n) is 5.82. The summed E-state index contributed by atoms with van der Waals surface area (Å²) in [5, 5.41) is 5.43. The van der Waals surface area contributed by atoms with E-state index in [1.807, 2.05) is 73.7 Å². The van der Waals surface area contributed by atoms with Gasteiger partial charge >= 0.3 is 0 Å². The van der Waals surface area contributed by atoms with Gasteiger partial charge in [0.25, 0.3) is 0 Å². The van der Waals surface area contributed by atoms with E-state index in [-0.39, 0.29) is 0 Å². The van der Waals surface area contributed by atoms with Crippen molar-refractivity contribution in [2.24, 2.45) is 5.10 Å². The maximum Gasteiger partial charge on any atom is 0.244 e. The normalized spacial score (nSPS) is 11.5. The van der Waals surface area contributed by atoms with E-state index in [1.165, 1.54) is 0 Å². The summed E-state index contributed by atoms with van der Waals surface area (Å²) in [7, 11) is 0. The minimum Gasteiger partial charge on any atom is -0.265 e. The van der Waals surface area contributed by atoms with Gasteiger partial charge in [-0.05, 0) is 25.1 Å². The molecule has 0 atom stereocenters. The van der Waals surface area contributed by atoms with Gasteiger partial charge in [-0.15, -0.1) is 0 Å². The Morgan fingerprint density at radius 2 is 1.58 bits per heavy atom. The molecule has 0 aliphatic heterocycles. The lowest BCUT2D eigenvalue weighted by molar-refractivity contribution is 1.15. The number of anilines is 1. The van der Waals surface area contributed by atoms with Crippen molar-refractivity contribution in [3.63, 3.8) is 0 Å². The highest BCUT2D eigenvalue weighted by Gasteiger charge is 2.09. The van der Waals surface area contributed by atoms with Gasteiger partial charge in [0, 0.05) is 28.9 Å². The Morgan fingerprint density at radius 1 is 0.846 bits per heavy atom. The van der Waals surface area contributed by atoms with Crippen molar-refractivity contribution in [3.8, 4) is 11.3 Å². The standard InChI is InChI=1S/C21H17N5/c1-15(16-11-13-22-14-12-16)25-26-21-23-19-10-6-5-9-18(19)20(24-21)17-7-3-2-4-8-17/h2-14H,1H3,(H,23,24,26)/b25-15+. The second kappa shape index (κ2) is 7.11. The first-order chi connectivity index (χ1) is 12.8. The zero-order chi connectivity index (χ0) is 17.8. The first-order valence-corrected chi connectivity index (χ1v) is 8.34. The molecule has 5 heteroatoms. The Hall–Kier alpha value is -3.60. The second-order valence-corrected chi connectivity index (χ2v) is 5.82. The van der Waals surface area contributed by atoms with Crippen LogP contribution >= 0.6 is 0 Å². The summed E-state index contributed by atoms with van der Waals surface area (Å²) in [5.41, 5.74) is 7.63. The van der Waals surface area contributed by atoms with Crippen LogP contribution in [0.25, 0.3) is 22.2 Å². The molecule has 126 valence electrons. The molecule has 0 fully saturated rings. The van der Waals surface area contributed by atoms with Crippen LogP contribution in [0.15, 0.2) is 84.2 Å². The number of para-hydroxylation sites is 1. The third-order valence-electron chi connectivity index (χ3n) is 4.07. The zero-order valence-electron chi connectivity index (χ0n) is 14.3. The van der Waals surface area contributed by atoms with Gasteiger partial charge in [-0.25, -0.2) is 15.4 Å². The number of pyridine rings is 1. The number of nitrogens with one attached hydrogen (secondary N) is 1. The van der Waals surface area contributed by atoms with E-state index in [4.69, 9.17) is 4.98 Å². The summed E-state index contributed by atoms with van der Waals surface area (Å²) in [6, 6.07) is 21.9. The van der Waals surface area contributed by atoms with Crippen LogP contribution in [0.4, 0.5) is 5.95 Å². The minimum absolute atomic E-state index is 0.468. The molecule has 0 saturated carbocycles. The SMILES string of the molecule is C/C(=N\Nc1nc(-c2ccccc2)c2ccccc2n1)c1ccncc1. The largest absolute Gasteiger partial charge is 0.265 e. The molecule has 5 nitrogen and oxygen atoms in total. The third-order valence-corrected chi connectivity index (χ3v) is 4.07. The minimum atomic E-state index is 0.468. The van der Waals surface area contributed by atoms with Crippen LogP contribution in [0, 0.1) is 0 Å². The Morgan fingerprint density at radius 3 is 2.38 bits per heavy atom. The summed E-state index contributed by atoms with van der Waals surface area (Å²) in [5.74, 6) is 0.468. The number of hydrazone groups is 1. The lowest BCUT2D eigenvalue weighted by Crippen LogP contribution is -2.03. The predicted octanol–water partition coefficient (Wildman–Crippen LogP) is 4.53. The number of aromatic nitrogens is 3. The number of hydrogen-bond donors (Lipinski definition) is 1. The van der Waals surface area contributed by atoms with Crippen molar-refractivity contribution in [1.29, 1.82) is 0 Å². The fourth-order valence-electron chi connectivity index (χ4n) is 2.73. The molecule has 0 amide bonds. The molecule has 0 bridgehead atoms. The number of rotatable bonds is 4. The third kappa shape index (κ3) is 3.28. The van der Waals surface area contributed by atoms with E-state index in [1.54, 1.807) is 12.4 Å². The molecule has 26 heavy (non-hydrogen) atoms. The molecule has 0 aliphatic rings. The first kappa shape index (κ1) is 15.9. The van der Waals surface area contributed by atoms with Gasteiger partial charge in [0.15, 0.2) is 0 Å². The lowest BCUT2D eigenvalue weighted by Gasteiger charge is -2.09. The van der Waals surface area contributed by atoms with Crippen LogP contribution in [0.5, 0.6) is 0 Å². The molecule has 0 saturated heterocycles. The Bertz CT molecular complexity index is 1060. The van der Waals surface area contributed by atoms with Crippen molar-refractivity contribution in [2.45, 2.75) is 6.92 Å². The number of nitrogens with zero attached hydrogens (tertiary/aromatic N) is 4. The summed E-state index contributed by atoms with van der Waals surface area (Å²) in [6.07, 6.45) is 3.49. The Labute approximate surface area is 151 Å². The molecular formula is C21H17N5. The molecule has 0 unspecified atom stereocenters. The summed E-state index contributed by atoms with van der Waals surface area (Å²) in [6.45, 7) is 1.93. The maximum atomic E-state index is 4.70.